The molecule has 0 aliphatic carbocycles. The number of hydrogen-bond donors (Lipinski definition) is 1. The monoisotopic (exact) mass is 264 g/mol. The molecule has 0 aromatic heterocycles. The van der Waals surface area contributed by atoms with Crippen LogP contribution in [0.5, 0.6) is 0 Å². The maximum Gasteiger partial charge on any atom is 0.0426 e. The first-order chi connectivity index (χ1) is 8.69. The Bertz CT molecular complexity index is 432. The molecule has 2 aliphatic heterocycles. The highest BCUT2D eigenvalue weighted by Crippen LogP contribution is 2.42. The molecule has 2 heterocycles. The van der Waals surface area contributed by atoms with Crippen LogP contribution in [0.3, 0.4) is 0 Å². The van der Waals surface area contributed by atoms with E-state index in [2.05, 4.69) is 24.0 Å². The number of nitrogens with zero attached hydrogens (tertiary/aromatic N) is 1. The molecule has 2 saturated heterocycles. The zero-order valence-corrected chi connectivity index (χ0v) is 11.7. The molecule has 0 saturated carbocycles. The number of piperidine rings is 1. The first-order valence-electron chi connectivity index (χ1n) is 6.93. The van der Waals surface area contributed by atoms with E-state index in [-0.39, 0.29) is 0 Å². The van der Waals surface area contributed by atoms with Crippen molar-refractivity contribution in [2.45, 2.75) is 44.7 Å². The van der Waals surface area contributed by atoms with Crippen LogP contribution in [0.1, 0.15) is 31.2 Å². The molecule has 18 heavy (non-hydrogen) atoms. The molecule has 0 amide bonds. The van der Waals surface area contributed by atoms with E-state index in [9.17, 15) is 0 Å². The van der Waals surface area contributed by atoms with Gasteiger partial charge in [0.15, 0.2) is 0 Å². The number of benzene rings is 1. The van der Waals surface area contributed by atoms with Crippen molar-refractivity contribution in [1.82, 2.24) is 0 Å². The van der Waals surface area contributed by atoms with E-state index >= 15 is 0 Å². The molecule has 2 unspecified atom stereocenters. The molecule has 0 radical (unpaired) electrons. The second-order valence-electron chi connectivity index (χ2n) is 5.80. The van der Waals surface area contributed by atoms with Crippen LogP contribution in [0, 0.1) is 12.8 Å². The van der Waals surface area contributed by atoms with Gasteiger partial charge in [0.2, 0.25) is 0 Å². The van der Waals surface area contributed by atoms with Gasteiger partial charge in [-0.2, -0.15) is 0 Å². The minimum absolute atomic E-state index is 0.675. The fourth-order valence-corrected chi connectivity index (χ4v) is 3.90. The Kier molecular flexibility index (Phi) is 3.25. The second-order valence-corrected chi connectivity index (χ2v) is 6.23. The molecule has 2 N–H and O–H groups in total. The number of aryl methyl sites for hydroxylation is 1. The zero-order valence-electron chi connectivity index (χ0n) is 10.9. The Morgan fingerprint density at radius 2 is 1.94 bits per heavy atom. The summed E-state index contributed by atoms with van der Waals surface area (Å²) in [5, 5.41) is 0.843. The van der Waals surface area contributed by atoms with Crippen LogP contribution >= 0.6 is 11.6 Å². The van der Waals surface area contributed by atoms with E-state index in [0.29, 0.717) is 12.1 Å². The van der Waals surface area contributed by atoms with Gasteiger partial charge in [-0.25, -0.2) is 0 Å². The van der Waals surface area contributed by atoms with Crippen LogP contribution < -0.4 is 10.6 Å². The topological polar surface area (TPSA) is 29.3 Å². The highest BCUT2D eigenvalue weighted by atomic mass is 35.5. The highest BCUT2D eigenvalue weighted by Gasteiger charge is 2.40. The number of hydrogen-bond acceptors (Lipinski definition) is 2. The predicted molar refractivity (Wildman–Crippen MR) is 77.3 cm³/mol. The van der Waals surface area contributed by atoms with Crippen molar-refractivity contribution in [2.24, 2.45) is 11.7 Å². The number of anilines is 1. The molecule has 1 aromatic rings. The highest BCUT2D eigenvalue weighted by molar-refractivity contribution is 6.30. The molecule has 0 spiro atoms. The van der Waals surface area contributed by atoms with Crippen LogP contribution in [0.2, 0.25) is 5.02 Å². The fraction of sp³-hybridized carbons (Fsp3) is 0.600. The molecule has 3 rings (SSSR count). The average Bonchev–Trinajstić information content (AvgIpc) is 2.63. The lowest BCUT2D eigenvalue weighted by atomic mass is 9.90. The maximum absolute atomic E-state index is 6.16. The number of halogens is 1. The van der Waals surface area contributed by atoms with Crippen molar-refractivity contribution in [3.8, 4) is 0 Å². The van der Waals surface area contributed by atoms with Crippen LogP contribution in [0.15, 0.2) is 18.2 Å². The Morgan fingerprint density at radius 3 is 2.56 bits per heavy atom. The summed E-state index contributed by atoms with van der Waals surface area (Å²) >= 11 is 6.16. The third kappa shape index (κ3) is 2.02. The van der Waals surface area contributed by atoms with Gasteiger partial charge in [0.25, 0.3) is 0 Å². The summed E-state index contributed by atoms with van der Waals surface area (Å²) < 4.78 is 0. The Labute approximate surface area is 114 Å². The van der Waals surface area contributed by atoms with Gasteiger partial charge >= 0.3 is 0 Å². The van der Waals surface area contributed by atoms with Crippen LogP contribution in [-0.4, -0.2) is 18.6 Å². The molecule has 2 aliphatic rings. The largest absolute Gasteiger partial charge is 0.365 e. The van der Waals surface area contributed by atoms with Crippen molar-refractivity contribution in [1.29, 1.82) is 0 Å². The summed E-state index contributed by atoms with van der Waals surface area (Å²) in [6.45, 7) is 3.02. The minimum atomic E-state index is 0.675. The predicted octanol–water partition coefficient (Wildman–Crippen LogP) is 3.35. The summed E-state index contributed by atoms with van der Waals surface area (Å²) in [5.74, 6) is 0.721. The fourth-order valence-electron chi connectivity index (χ4n) is 3.74. The third-order valence-corrected chi connectivity index (χ3v) is 4.85. The minimum Gasteiger partial charge on any atom is -0.365 e. The van der Waals surface area contributed by atoms with E-state index in [1.54, 1.807) is 0 Å². The zero-order chi connectivity index (χ0) is 12.7. The summed E-state index contributed by atoms with van der Waals surface area (Å²) in [5.41, 5.74) is 8.53. The van der Waals surface area contributed by atoms with Crippen LogP contribution in [-0.2, 0) is 0 Å². The summed E-state index contributed by atoms with van der Waals surface area (Å²) in [7, 11) is 0. The first kappa shape index (κ1) is 12.3. The van der Waals surface area contributed by atoms with Crippen LogP contribution in [0.25, 0.3) is 0 Å². The van der Waals surface area contributed by atoms with Gasteiger partial charge in [-0.05, 0) is 62.8 Å². The Hall–Kier alpha value is -0.730. The average molecular weight is 265 g/mol. The van der Waals surface area contributed by atoms with Gasteiger partial charge < -0.3 is 10.6 Å². The van der Waals surface area contributed by atoms with Crippen molar-refractivity contribution in [3.63, 3.8) is 0 Å². The maximum atomic E-state index is 6.16. The number of nitrogens with two attached hydrogens (primary N) is 1. The summed E-state index contributed by atoms with van der Waals surface area (Å²) in [6, 6.07) is 7.59. The van der Waals surface area contributed by atoms with Crippen LogP contribution in [0.4, 0.5) is 5.69 Å². The lowest BCUT2D eigenvalue weighted by Gasteiger charge is -2.41. The summed E-state index contributed by atoms with van der Waals surface area (Å²) in [6.07, 6.45) is 5.12. The van der Waals surface area contributed by atoms with E-state index in [1.165, 1.54) is 36.9 Å². The standard InChI is InChI=1S/C15H21ClN2/c1-10-2-3-12(16)8-15(10)18-13-4-5-14(18)7-11(6-13)9-17/h2-3,8,11,13-14H,4-7,9,17H2,1H3. The Morgan fingerprint density at radius 1 is 1.28 bits per heavy atom. The first-order valence-corrected chi connectivity index (χ1v) is 7.31. The van der Waals surface area contributed by atoms with Crippen molar-refractivity contribution in [3.05, 3.63) is 28.8 Å². The number of rotatable bonds is 2. The number of fused-ring (bicyclic) bond motifs is 2. The lowest BCUT2D eigenvalue weighted by molar-refractivity contribution is 0.346. The molecule has 2 fully saturated rings. The molecular weight excluding hydrogens is 244 g/mol. The molecule has 3 heteroatoms. The van der Waals surface area contributed by atoms with E-state index < -0.39 is 0 Å². The van der Waals surface area contributed by atoms with Gasteiger partial charge in [0.1, 0.15) is 0 Å². The van der Waals surface area contributed by atoms with Gasteiger partial charge in [-0.1, -0.05) is 17.7 Å². The van der Waals surface area contributed by atoms with Crippen molar-refractivity contribution < 1.29 is 0 Å². The molecule has 2 atom stereocenters. The third-order valence-electron chi connectivity index (χ3n) is 4.61. The molecule has 2 bridgehead atoms. The van der Waals surface area contributed by atoms with E-state index in [0.717, 1.165) is 17.5 Å². The molecular formula is C15H21ClN2. The molecule has 98 valence electrons. The van der Waals surface area contributed by atoms with Gasteiger partial charge in [0.05, 0.1) is 0 Å². The Balaban J connectivity index is 1.91. The van der Waals surface area contributed by atoms with Gasteiger partial charge in [-0.3, -0.25) is 0 Å². The quantitative estimate of drug-likeness (QED) is 0.888. The van der Waals surface area contributed by atoms with E-state index in [1.807, 2.05) is 6.07 Å². The summed E-state index contributed by atoms with van der Waals surface area (Å²) in [4.78, 5) is 2.62. The molecule has 2 nitrogen and oxygen atoms in total. The van der Waals surface area contributed by atoms with Crippen molar-refractivity contribution in [2.75, 3.05) is 11.4 Å². The normalized spacial score (nSPS) is 30.8. The SMILES string of the molecule is Cc1ccc(Cl)cc1N1C2CCC1CC(CN)C2. The van der Waals surface area contributed by atoms with Crippen molar-refractivity contribution >= 4 is 17.3 Å². The van der Waals surface area contributed by atoms with Gasteiger partial charge in [0, 0.05) is 22.8 Å². The smallest absolute Gasteiger partial charge is 0.0426 e. The van der Waals surface area contributed by atoms with E-state index in [4.69, 9.17) is 17.3 Å². The second kappa shape index (κ2) is 4.75. The molecule has 1 aromatic carbocycles. The lowest BCUT2D eigenvalue weighted by Crippen LogP contribution is -2.44. The van der Waals surface area contributed by atoms with Gasteiger partial charge in [-0.15, -0.1) is 0 Å².